The molecule has 0 saturated heterocycles. The molecule has 0 spiro atoms. The molecule has 1 atom stereocenters. The number of allylic oxidation sites excluding steroid dienone is 1. The van der Waals surface area contributed by atoms with Gasteiger partial charge in [-0.15, -0.1) is 16.8 Å². The third-order valence-corrected chi connectivity index (χ3v) is 7.04. The predicted octanol–water partition coefficient (Wildman–Crippen LogP) is 5.85. The number of aromatic nitrogens is 3. The Balaban J connectivity index is 1.78. The van der Waals surface area contributed by atoms with Crippen molar-refractivity contribution in [2.45, 2.75) is 51.9 Å². The third kappa shape index (κ3) is 6.56. The Labute approximate surface area is 221 Å². The largest absolute Gasteiger partial charge is 0.342 e. The van der Waals surface area contributed by atoms with Crippen LogP contribution in [0.2, 0.25) is 5.02 Å². The van der Waals surface area contributed by atoms with Gasteiger partial charge in [0.25, 0.3) is 5.91 Å². The van der Waals surface area contributed by atoms with Gasteiger partial charge in [0, 0.05) is 12.2 Å². The lowest BCUT2D eigenvalue weighted by atomic mass is 10.0. The molecule has 2 N–H and O–H groups in total. The fraction of sp³-hybridized carbons (Fsp3) is 0.333. The van der Waals surface area contributed by atoms with E-state index in [-0.39, 0.29) is 23.5 Å². The summed E-state index contributed by atoms with van der Waals surface area (Å²) in [5, 5.41) is 15.8. The number of amides is 2. The van der Waals surface area contributed by atoms with Crippen LogP contribution in [0.3, 0.4) is 0 Å². The summed E-state index contributed by atoms with van der Waals surface area (Å²) in [5.74, 6) is 0.391. The van der Waals surface area contributed by atoms with E-state index in [1.54, 1.807) is 30.3 Å². The van der Waals surface area contributed by atoms with Crippen LogP contribution in [0.15, 0.2) is 60.3 Å². The van der Waals surface area contributed by atoms with Gasteiger partial charge in [0.15, 0.2) is 11.0 Å². The van der Waals surface area contributed by atoms with Gasteiger partial charge in [-0.25, -0.2) is 0 Å². The number of nitrogens with zero attached hydrogens (tertiary/aromatic N) is 3. The maximum atomic E-state index is 13.0. The van der Waals surface area contributed by atoms with E-state index in [9.17, 15) is 9.59 Å². The second kappa shape index (κ2) is 12.7. The molecule has 36 heavy (non-hydrogen) atoms. The fourth-order valence-electron chi connectivity index (χ4n) is 3.84. The van der Waals surface area contributed by atoms with E-state index in [4.69, 9.17) is 11.6 Å². The minimum absolute atomic E-state index is 0.0267. The Morgan fingerprint density at radius 2 is 1.92 bits per heavy atom. The zero-order valence-corrected chi connectivity index (χ0v) is 22.6. The number of aryl methyl sites for hydroxylation is 2. The fourth-order valence-corrected chi connectivity index (χ4v) is 4.82. The molecule has 0 radical (unpaired) electrons. The van der Waals surface area contributed by atoms with Crippen molar-refractivity contribution in [2.24, 2.45) is 5.92 Å². The van der Waals surface area contributed by atoms with Gasteiger partial charge in [-0.1, -0.05) is 80.5 Å². The van der Waals surface area contributed by atoms with Gasteiger partial charge in [-0.05, 0) is 42.5 Å². The smallest absolute Gasteiger partial charge is 0.253 e. The Morgan fingerprint density at radius 1 is 1.17 bits per heavy atom. The first-order valence-electron chi connectivity index (χ1n) is 11.9. The molecule has 3 aromatic rings. The zero-order chi connectivity index (χ0) is 26.2. The number of thioether (sulfide) groups is 1. The highest BCUT2D eigenvalue weighted by Crippen LogP contribution is 2.27. The number of hydrogen-bond donors (Lipinski definition) is 2. The topological polar surface area (TPSA) is 88.9 Å². The van der Waals surface area contributed by atoms with Gasteiger partial charge in [-0.3, -0.25) is 9.59 Å². The molecule has 2 aromatic carbocycles. The van der Waals surface area contributed by atoms with Crippen LogP contribution in [0.5, 0.6) is 0 Å². The predicted molar refractivity (Wildman–Crippen MR) is 147 cm³/mol. The molecule has 3 rings (SSSR count). The number of nitrogens with one attached hydrogen (secondary N) is 2. The SMILES string of the molecule is C=CCn1c(SCC(=O)Nc2c(C)cccc2CC)nnc1[C@@H](NC(=O)c1ccccc1Cl)C(C)C. The molecule has 190 valence electrons. The summed E-state index contributed by atoms with van der Waals surface area (Å²) in [5.41, 5.74) is 3.38. The van der Waals surface area contributed by atoms with E-state index < -0.39 is 6.04 Å². The number of benzene rings is 2. The second-order valence-electron chi connectivity index (χ2n) is 8.71. The van der Waals surface area contributed by atoms with Gasteiger partial charge >= 0.3 is 0 Å². The lowest BCUT2D eigenvalue weighted by molar-refractivity contribution is -0.113. The summed E-state index contributed by atoms with van der Waals surface area (Å²) in [7, 11) is 0. The van der Waals surface area contributed by atoms with Crippen molar-refractivity contribution in [3.05, 3.63) is 82.7 Å². The molecule has 1 aromatic heterocycles. The van der Waals surface area contributed by atoms with Crippen molar-refractivity contribution < 1.29 is 9.59 Å². The van der Waals surface area contributed by atoms with Gasteiger partial charge in [0.2, 0.25) is 5.91 Å². The maximum absolute atomic E-state index is 13.0. The molecule has 9 heteroatoms. The molecule has 0 fully saturated rings. The highest BCUT2D eigenvalue weighted by Gasteiger charge is 2.27. The molecule has 2 amide bonds. The molecular formula is C27H32ClN5O2S. The standard InChI is InChI=1S/C27H32ClN5O2S/c1-6-15-33-25(23(17(3)4)30-26(35)20-13-8-9-14-21(20)28)31-32-27(33)36-16-22(34)29-24-18(5)11-10-12-19(24)7-2/h6,8-14,17,23H,1,7,15-16H2,2-5H3,(H,29,34)(H,30,35)/t23-/m0/s1. The van der Waals surface area contributed by atoms with Crippen molar-refractivity contribution in [3.8, 4) is 0 Å². The van der Waals surface area contributed by atoms with Crippen LogP contribution in [0, 0.1) is 12.8 Å². The summed E-state index contributed by atoms with van der Waals surface area (Å²) in [6, 6.07) is 12.5. The first kappa shape index (κ1) is 27.5. The molecule has 7 nitrogen and oxygen atoms in total. The van der Waals surface area contributed by atoms with Crippen LogP contribution in [0.1, 0.15) is 54.1 Å². The lowest BCUT2D eigenvalue weighted by Crippen LogP contribution is -2.34. The normalized spacial score (nSPS) is 11.8. The van der Waals surface area contributed by atoms with E-state index in [1.165, 1.54) is 11.8 Å². The minimum Gasteiger partial charge on any atom is -0.342 e. The van der Waals surface area contributed by atoms with Crippen LogP contribution in [0.25, 0.3) is 0 Å². The van der Waals surface area contributed by atoms with E-state index >= 15 is 0 Å². The number of carbonyl (C=O) groups excluding carboxylic acids is 2. The second-order valence-corrected chi connectivity index (χ2v) is 10.1. The monoisotopic (exact) mass is 525 g/mol. The Hall–Kier alpha value is -3.10. The van der Waals surface area contributed by atoms with Crippen LogP contribution < -0.4 is 10.6 Å². The van der Waals surface area contributed by atoms with Crippen molar-refractivity contribution in [3.63, 3.8) is 0 Å². The molecular weight excluding hydrogens is 494 g/mol. The highest BCUT2D eigenvalue weighted by atomic mass is 35.5. The quantitative estimate of drug-likeness (QED) is 0.242. The van der Waals surface area contributed by atoms with Crippen LogP contribution in [0.4, 0.5) is 5.69 Å². The van der Waals surface area contributed by atoms with Crippen molar-refractivity contribution >= 4 is 40.9 Å². The number of rotatable bonds is 11. The first-order chi connectivity index (χ1) is 17.3. The minimum atomic E-state index is -0.413. The number of hydrogen-bond acceptors (Lipinski definition) is 5. The van der Waals surface area contributed by atoms with Crippen molar-refractivity contribution in [1.29, 1.82) is 0 Å². The van der Waals surface area contributed by atoms with Crippen LogP contribution >= 0.6 is 23.4 Å². The van der Waals surface area contributed by atoms with E-state index in [0.29, 0.717) is 28.1 Å². The Morgan fingerprint density at radius 3 is 2.58 bits per heavy atom. The molecule has 0 unspecified atom stereocenters. The third-order valence-electron chi connectivity index (χ3n) is 5.74. The van der Waals surface area contributed by atoms with Crippen LogP contribution in [-0.4, -0.2) is 32.3 Å². The summed E-state index contributed by atoms with van der Waals surface area (Å²) < 4.78 is 1.88. The number of halogens is 1. The van der Waals surface area contributed by atoms with E-state index in [0.717, 1.165) is 23.2 Å². The van der Waals surface area contributed by atoms with Gasteiger partial charge in [0.05, 0.1) is 22.4 Å². The highest BCUT2D eigenvalue weighted by molar-refractivity contribution is 7.99. The van der Waals surface area contributed by atoms with E-state index in [1.807, 2.05) is 43.5 Å². The lowest BCUT2D eigenvalue weighted by Gasteiger charge is -2.23. The maximum Gasteiger partial charge on any atom is 0.253 e. The summed E-state index contributed by atoms with van der Waals surface area (Å²) in [6.07, 6.45) is 2.57. The van der Waals surface area contributed by atoms with E-state index in [2.05, 4.69) is 34.3 Å². The van der Waals surface area contributed by atoms with Gasteiger partial charge < -0.3 is 15.2 Å². The summed E-state index contributed by atoms with van der Waals surface area (Å²) in [6.45, 7) is 12.3. The number of carbonyl (C=O) groups is 2. The Bertz CT molecular complexity index is 1240. The molecule has 0 aliphatic carbocycles. The summed E-state index contributed by atoms with van der Waals surface area (Å²) >= 11 is 7.52. The molecule has 1 heterocycles. The van der Waals surface area contributed by atoms with Crippen LogP contribution in [-0.2, 0) is 17.8 Å². The average molecular weight is 526 g/mol. The van der Waals surface area contributed by atoms with Crippen molar-refractivity contribution in [2.75, 3.05) is 11.1 Å². The molecule has 0 aliphatic heterocycles. The molecule has 0 aliphatic rings. The Kier molecular flexibility index (Phi) is 9.73. The first-order valence-corrected chi connectivity index (χ1v) is 13.2. The number of para-hydroxylation sites is 1. The van der Waals surface area contributed by atoms with Crippen molar-refractivity contribution in [1.82, 2.24) is 20.1 Å². The number of anilines is 1. The average Bonchev–Trinajstić information content (AvgIpc) is 3.24. The molecule has 0 saturated carbocycles. The summed E-state index contributed by atoms with van der Waals surface area (Å²) in [4.78, 5) is 25.7. The van der Waals surface area contributed by atoms with Gasteiger partial charge in [0.1, 0.15) is 0 Å². The molecule has 0 bridgehead atoms. The van der Waals surface area contributed by atoms with Gasteiger partial charge in [-0.2, -0.15) is 0 Å². The zero-order valence-electron chi connectivity index (χ0n) is 21.0.